The molecule has 320 valence electrons. The van der Waals surface area contributed by atoms with Gasteiger partial charge in [0, 0.05) is 19.3 Å². The van der Waals surface area contributed by atoms with Crippen LogP contribution in [0, 0.1) is 11.8 Å². The van der Waals surface area contributed by atoms with Gasteiger partial charge in [-0.05, 0) is 31.1 Å². The van der Waals surface area contributed by atoms with Crippen LogP contribution in [0.5, 0.6) is 0 Å². The first-order valence-electron chi connectivity index (χ1n) is 23.8. The molecule has 0 spiro atoms. The van der Waals surface area contributed by atoms with E-state index in [1.165, 1.54) is 141 Å². The lowest BCUT2D eigenvalue weighted by molar-refractivity contribution is -0.167. The Morgan fingerprint density at radius 2 is 0.704 bits per heavy atom. The molecule has 0 aromatic heterocycles. The van der Waals surface area contributed by atoms with E-state index in [1.54, 1.807) is 0 Å². The molecule has 0 aromatic rings. The van der Waals surface area contributed by atoms with Crippen molar-refractivity contribution in [2.45, 2.75) is 265 Å². The summed E-state index contributed by atoms with van der Waals surface area (Å²) >= 11 is 0. The van der Waals surface area contributed by atoms with Crippen molar-refractivity contribution in [1.82, 2.24) is 0 Å². The molecule has 0 N–H and O–H groups in total. The Morgan fingerprint density at radius 3 is 1.06 bits per heavy atom. The number of hydrogen-bond acceptors (Lipinski definition) is 6. The Balaban J connectivity index is 4.13. The average molecular weight is 765 g/mol. The molecule has 1 unspecified atom stereocenters. The molecule has 0 aliphatic carbocycles. The summed E-state index contributed by atoms with van der Waals surface area (Å²) in [6, 6.07) is 0. The van der Waals surface area contributed by atoms with Crippen molar-refractivity contribution in [3.05, 3.63) is 0 Å². The second-order valence-corrected chi connectivity index (χ2v) is 17.1. The molecule has 0 radical (unpaired) electrons. The maximum absolute atomic E-state index is 12.7. The van der Waals surface area contributed by atoms with E-state index in [0.29, 0.717) is 19.3 Å². The summed E-state index contributed by atoms with van der Waals surface area (Å²) in [4.78, 5) is 37.5. The van der Waals surface area contributed by atoms with Gasteiger partial charge in [0.15, 0.2) is 6.10 Å². The van der Waals surface area contributed by atoms with E-state index in [1.807, 2.05) is 0 Å². The second-order valence-electron chi connectivity index (χ2n) is 17.1. The predicted molar refractivity (Wildman–Crippen MR) is 229 cm³/mol. The third kappa shape index (κ3) is 40.1. The molecule has 0 amide bonds. The van der Waals surface area contributed by atoms with Crippen molar-refractivity contribution in [1.29, 1.82) is 0 Å². The topological polar surface area (TPSA) is 78.9 Å². The van der Waals surface area contributed by atoms with Crippen molar-refractivity contribution in [3.8, 4) is 0 Å². The molecule has 0 aromatic carbocycles. The van der Waals surface area contributed by atoms with Crippen LogP contribution in [0.15, 0.2) is 0 Å². The molecule has 0 aliphatic heterocycles. The Hall–Kier alpha value is -1.59. The highest BCUT2D eigenvalue weighted by atomic mass is 16.6. The smallest absolute Gasteiger partial charge is 0.306 e. The fraction of sp³-hybridized carbons (Fsp3) is 0.938. The van der Waals surface area contributed by atoms with Crippen LogP contribution < -0.4 is 0 Å². The average Bonchev–Trinajstić information content (AvgIpc) is 3.15. The van der Waals surface area contributed by atoms with Crippen LogP contribution in [-0.2, 0) is 28.6 Å². The molecule has 6 nitrogen and oxygen atoms in total. The van der Waals surface area contributed by atoms with Gasteiger partial charge in [0.25, 0.3) is 0 Å². The first kappa shape index (κ1) is 52.4. The van der Waals surface area contributed by atoms with Crippen LogP contribution in [0.4, 0.5) is 0 Å². The predicted octanol–water partition coefficient (Wildman–Crippen LogP) is 15.0. The van der Waals surface area contributed by atoms with Gasteiger partial charge in [-0.15, -0.1) is 0 Å². The Kier molecular flexibility index (Phi) is 39.8. The fourth-order valence-electron chi connectivity index (χ4n) is 7.07. The molecule has 0 rings (SSSR count). The van der Waals surface area contributed by atoms with Gasteiger partial charge in [-0.3, -0.25) is 14.4 Å². The van der Waals surface area contributed by atoms with E-state index in [-0.39, 0.29) is 31.1 Å². The third-order valence-corrected chi connectivity index (χ3v) is 11.1. The van der Waals surface area contributed by atoms with Gasteiger partial charge in [-0.2, -0.15) is 0 Å². The Bertz CT molecular complexity index is 826. The van der Waals surface area contributed by atoms with E-state index in [4.69, 9.17) is 14.2 Å². The molecule has 54 heavy (non-hydrogen) atoms. The van der Waals surface area contributed by atoms with E-state index in [2.05, 4.69) is 34.6 Å². The fourth-order valence-corrected chi connectivity index (χ4v) is 7.07. The van der Waals surface area contributed by atoms with Gasteiger partial charge in [-0.25, -0.2) is 0 Å². The van der Waals surface area contributed by atoms with Crippen molar-refractivity contribution in [3.63, 3.8) is 0 Å². The summed E-state index contributed by atoms with van der Waals surface area (Å²) in [7, 11) is 0. The van der Waals surface area contributed by atoms with Crippen LogP contribution in [0.25, 0.3) is 0 Å². The SMILES string of the molecule is CCCCCCCC(=O)OC[C@@H](COC(=O)CCCCCCCCCCC(C)CC)OC(=O)CCCCCCCCCCCCCCCCCCC(C)C. The summed E-state index contributed by atoms with van der Waals surface area (Å²) in [5.74, 6) is 0.830. The Labute approximate surface area is 336 Å². The summed E-state index contributed by atoms with van der Waals surface area (Å²) in [5.41, 5.74) is 0. The lowest BCUT2D eigenvalue weighted by atomic mass is 9.99. The van der Waals surface area contributed by atoms with E-state index in [9.17, 15) is 14.4 Å². The van der Waals surface area contributed by atoms with Crippen LogP contribution in [0.1, 0.15) is 259 Å². The summed E-state index contributed by atoms with van der Waals surface area (Å²) in [6.07, 6.45) is 39.7. The first-order chi connectivity index (χ1) is 26.3. The monoisotopic (exact) mass is 765 g/mol. The lowest BCUT2D eigenvalue weighted by Gasteiger charge is -2.18. The van der Waals surface area contributed by atoms with Crippen LogP contribution in [0.3, 0.4) is 0 Å². The highest BCUT2D eigenvalue weighted by molar-refractivity contribution is 5.71. The normalized spacial score (nSPS) is 12.6. The largest absolute Gasteiger partial charge is 0.462 e. The molecular formula is C48H92O6. The summed E-state index contributed by atoms with van der Waals surface area (Å²) in [6.45, 7) is 11.3. The molecule has 0 aliphatic rings. The van der Waals surface area contributed by atoms with Crippen molar-refractivity contribution in [2.75, 3.05) is 13.2 Å². The van der Waals surface area contributed by atoms with Crippen molar-refractivity contribution >= 4 is 17.9 Å². The van der Waals surface area contributed by atoms with Gasteiger partial charge in [-0.1, -0.05) is 221 Å². The molecule has 0 bridgehead atoms. The van der Waals surface area contributed by atoms with Gasteiger partial charge < -0.3 is 14.2 Å². The van der Waals surface area contributed by atoms with E-state index < -0.39 is 6.10 Å². The van der Waals surface area contributed by atoms with Gasteiger partial charge in [0.05, 0.1) is 0 Å². The van der Waals surface area contributed by atoms with E-state index in [0.717, 1.165) is 76.0 Å². The summed E-state index contributed by atoms with van der Waals surface area (Å²) in [5, 5.41) is 0. The minimum absolute atomic E-state index is 0.0659. The van der Waals surface area contributed by atoms with Gasteiger partial charge in [0.1, 0.15) is 13.2 Å². The number of esters is 3. The molecule has 0 saturated carbocycles. The van der Waals surface area contributed by atoms with Crippen LogP contribution >= 0.6 is 0 Å². The molecule has 0 saturated heterocycles. The first-order valence-corrected chi connectivity index (χ1v) is 23.8. The lowest BCUT2D eigenvalue weighted by Crippen LogP contribution is -2.30. The zero-order chi connectivity index (χ0) is 39.7. The molecule has 2 atom stereocenters. The third-order valence-electron chi connectivity index (χ3n) is 11.1. The standard InChI is InChI=1S/C48H92O6/c1-6-8-9-26-33-38-46(49)52-41-45(42-53-47(50)39-34-29-24-21-20-23-28-32-37-44(5)7-2)54-48(51)40-35-30-25-19-17-15-13-11-10-12-14-16-18-22-27-31-36-43(3)4/h43-45H,6-42H2,1-5H3/t44?,45-/m0/s1. The molecular weight excluding hydrogens is 673 g/mol. The molecule has 6 heteroatoms. The van der Waals surface area contributed by atoms with E-state index >= 15 is 0 Å². The maximum Gasteiger partial charge on any atom is 0.306 e. The summed E-state index contributed by atoms with van der Waals surface area (Å²) < 4.78 is 16.6. The number of carbonyl (C=O) groups excluding carboxylic acids is 3. The van der Waals surface area contributed by atoms with Gasteiger partial charge >= 0.3 is 17.9 Å². The van der Waals surface area contributed by atoms with Crippen LogP contribution in [0.2, 0.25) is 0 Å². The number of unbranched alkanes of at least 4 members (excludes halogenated alkanes) is 26. The molecule has 0 heterocycles. The second kappa shape index (κ2) is 41.1. The number of rotatable bonds is 42. The zero-order valence-electron chi connectivity index (χ0n) is 36.8. The van der Waals surface area contributed by atoms with Gasteiger partial charge in [0.2, 0.25) is 0 Å². The highest BCUT2D eigenvalue weighted by Crippen LogP contribution is 2.17. The minimum atomic E-state index is -0.759. The maximum atomic E-state index is 12.7. The highest BCUT2D eigenvalue weighted by Gasteiger charge is 2.19. The quantitative estimate of drug-likeness (QED) is 0.0350. The van der Waals surface area contributed by atoms with Crippen molar-refractivity contribution in [2.24, 2.45) is 11.8 Å². The van der Waals surface area contributed by atoms with Crippen molar-refractivity contribution < 1.29 is 28.6 Å². The minimum Gasteiger partial charge on any atom is -0.462 e. The zero-order valence-corrected chi connectivity index (χ0v) is 36.8. The van der Waals surface area contributed by atoms with Crippen LogP contribution in [-0.4, -0.2) is 37.2 Å². The molecule has 0 fully saturated rings. The number of carbonyl (C=O) groups is 3. The number of ether oxygens (including phenoxy) is 3. The Morgan fingerprint density at radius 1 is 0.389 bits per heavy atom. The number of hydrogen-bond donors (Lipinski definition) is 0.